The van der Waals surface area contributed by atoms with Crippen molar-refractivity contribution in [2.45, 2.75) is 37.8 Å². The minimum absolute atomic E-state index is 0.115. The number of alkyl halides is 2. The Morgan fingerprint density at radius 1 is 1.50 bits per heavy atom. The van der Waals surface area contributed by atoms with Crippen molar-refractivity contribution in [1.82, 2.24) is 14.7 Å². The van der Waals surface area contributed by atoms with Crippen molar-refractivity contribution in [3.8, 4) is 0 Å². The summed E-state index contributed by atoms with van der Waals surface area (Å²) in [5.74, 6) is -0.353. The van der Waals surface area contributed by atoms with E-state index in [2.05, 4.69) is 5.10 Å². The number of aromatic nitrogens is 2. The zero-order valence-corrected chi connectivity index (χ0v) is 11.5. The molecule has 8 heteroatoms. The molecular formula is C12H16ClF2N3O2. The van der Waals surface area contributed by atoms with E-state index in [1.54, 1.807) is 0 Å². The highest BCUT2D eigenvalue weighted by atomic mass is 35.5. The van der Waals surface area contributed by atoms with Crippen LogP contribution in [0.25, 0.3) is 0 Å². The van der Waals surface area contributed by atoms with Gasteiger partial charge in [-0.25, -0.2) is 8.78 Å². The quantitative estimate of drug-likeness (QED) is 0.921. The maximum absolute atomic E-state index is 13.1. The largest absolute Gasteiger partial charge is 0.393 e. The van der Waals surface area contributed by atoms with Gasteiger partial charge in [0.15, 0.2) is 5.15 Å². The normalized spacial score (nSPS) is 18.6. The second-order valence-corrected chi connectivity index (χ2v) is 5.22. The third-order valence-electron chi connectivity index (χ3n) is 3.41. The summed E-state index contributed by atoms with van der Waals surface area (Å²) in [6.45, 7) is 0.797. The molecule has 0 spiro atoms. The summed E-state index contributed by atoms with van der Waals surface area (Å²) in [5, 5.41) is 13.2. The monoisotopic (exact) mass is 307 g/mol. The lowest BCUT2D eigenvalue weighted by Crippen LogP contribution is -2.41. The van der Waals surface area contributed by atoms with Crippen molar-refractivity contribution in [1.29, 1.82) is 0 Å². The summed E-state index contributed by atoms with van der Waals surface area (Å²) in [7, 11) is 0. The van der Waals surface area contributed by atoms with Crippen molar-refractivity contribution < 1.29 is 18.7 Å². The van der Waals surface area contributed by atoms with Crippen LogP contribution in [0.4, 0.5) is 8.78 Å². The van der Waals surface area contributed by atoms with E-state index in [0.717, 1.165) is 4.68 Å². The van der Waals surface area contributed by atoms with Gasteiger partial charge in [-0.15, -0.1) is 0 Å². The van der Waals surface area contributed by atoms with Gasteiger partial charge in [0.05, 0.1) is 12.5 Å². The molecule has 0 radical (unpaired) electrons. The molecule has 1 aliphatic heterocycles. The number of hydrogen-bond acceptors (Lipinski definition) is 3. The molecule has 1 aromatic heterocycles. The van der Waals surface area contributed by atoms with Gasteiger partial charge < -0.3 is 10.0 Å². The van der Waals surface area contributed by atoms with Gasteiger partial charge in [0.1, 0.15) is 6.04 Å². The van der Waals surface area contributed by atoms with Crippen LogP contribution in [-0.4, -0.2) is 51.3 Å². The fourth-order valence-corrected chi connectivity index (χ4v) is 2.36. The van der Waals surface area contributed by atoms with Crippen LogP contribution in [0.3, 0.4) is 0 Å². The van der Waals surface area contributed by atoms with E-state index < -0.39 is 18.6 Å². The molecule has 1 fully saturated rings. The van der Waals surface area contributed by atoms with E-state index in [1.165, 1.54) is 17.2 Å². The SMILES string of the molecule is O=C(CC(C(F)F)n1ccc(Cl)n1)N1CCC(O)CC1. The first-order valence-corrected chi connectivity index (χ1v) is 6.80. The Morgan fingerprint density at radius 3 is 2.65 bits per heavy atom. The number of carbonyl (C=O) groups is 1. The van der Waals surface area contributed by atoms with Crippen LogP contribution in [0.15, 0.2) is 12.3 Å². The third-order valence-corrected chi connectivity index (χ3v) is 3.61. The summed E-state index contributed by atoms with van der Waals surface area (Å²) in [4.78, 5) is 13.5. The minimum atomic E-state index is -2.70. The Labute approximate surface area is 120 Å². The van der Waals surface area contributed by atoms with E-state index in [1.807, 2.05) is 0 Å². The second-order valence-electron chi connectivity index (χ2n) is 4.84. The average Bonchev–Trinajstić information content (AvgIpc) is 2.82. The summed E-state index contributed by atoms with van der Waals surface area (Å²) >= 11 is 5.61. The Hall–Kier alpha value is -1.21. The van der Waals surface area contributed by atoms with Crippen LogP contribution in [0, 0.1) is 0 Å². The Kier molecular flexibility index (Phi) is 4.93. The summed E-state index contributed by atoms with van der Waals surface area (Å²) in [6, 6.07) is 0.0837. The van der Waals surface area contributed by atoms with Crippen molar-refractivity contribution in [3.05, 3.63) is 17.4 Å². The smallest absolute Gasteiger partial charge is 0.261 e. The van der Waals surface area contributed by atoms with E-state index in [4.69, 9.17) is 11.6 Å². The zero-order chi connectivity index (χ0) is 14.7. The number of aliphatic hydroxyl groups excluding tert-OH is 1. The van der Waals surface area contributed by atoms with Gasteiger partial charge in [-0.2, -0.15) is 5.10 Å². The van der Waals surface area contributed by atoms with Gasteiger partial charge >= 0.3 is 0 Å². The number of halogens is 3. The van der Waals surface area contributed by atoms with Gasteiger partial charge in [0.25, 0.3) is 6.43 Å². The number of rotatable bonds is 4. The number of aliphatic hydroxyl groups is 1. The molecule has 2 heterocycles. The second kappa shape index (κ2) is 6.49. The molecule has 1 atom stereocenters. The fraction of sp³-hybridized carbons (Fsp3) is 0.667. The summed E-state index contributed by atoms with van der Waals surface area (Å²) in [5.41, 5.74) is 0. The molecule has 2 rings (SSSR count). The van der Waals surface area contributed by atoms with Gasteiger partial charge in [0.2, 0.25) is 5.91 Å². The number of hydrogen-bond donors (Lipinski definition) is 1. The standard InChI is InChI=1S/C12H16ClF2N3O2/c13-10-3-6-18(16-10)9(12(14)15)7-11(20)17-4-1-8(19)2-5-17/h3,6,8-9,12,19H,1-2,4-5,7H2. The van der Waals surface area contributed by atoms with Crippen LogP contribution < -0.4 is 0 Å². The van der Waals surface area contributed by atoms with Gasteiger partial charge in [-0.05, 0) is 18.9 Å². The average molecular weight is 308 g/mol. The van der Waals surface area contributed by atoms with E-state index in [-0.39, 0.29) is 17.5 Å². The van der Waals surface area contributed by atoms with Crippen molar-refractivity contribution in [3.63, 3.8) is 0 Å². The summed E-state index contributed by atoms with van der Waals surface area (Å²) in [6.07, 6.45) is -1.13. The molecule has 1 N–H and O–H groups in total. The molecule has 0 aliphatic carbocycles. The first kappa shape index (κ1) is 15.2. The molecule has 0 aromatic carbocycles. The highest BCUT2D eigenvalue weighted by Crippen LogP contribution is 2.23. The Morgan fingerprint density at radius 2 is 2.15 bits per heavy atom. The Bertz CT molecular complexity index is 461. The lowest BCUT2D eigenvalue weighted by Gasteiger charge is -2.30. The lowest BCUT2D eigenvalue weighted by atomic mass is 10.1. The van der Waals surface area contributed by atoms with Gasteiger partial charge in [0, 0.05) is 19.3 Å². The molecule has 1 unspecified atom stereocenters. The molecule has 5 nitrogen and oxygen atoms in total. The summed E-state index contributed by atoms with van der Waals surface area (Å²) < 4.78 is 27.2. The van der Waals surface area contributed by atoms with E-state index in [9.17, 15) is 18.7 Å². The molecule has 112 valence electrons. The van der Waals surface area contributed by atoms with Crippen LogP contribution in [-0.2, 0) is 4.79 Å². The van der Waals surface area contributed by atoms with Crippen LogP contribution in [0.1, 0.15) is 25.3 Å². The topological polar surface area (TPSA) is 58.4 Å². The first-order chi connectivity index (χ1) is 9.47. The Balaban J connectivity index is 1.99. The number of likely N-dealkylation sites (tertiary alicyclic amines) is 1. The molecule has 1 aliphatic rings. The number of piperidine rings is 1. The van der Waals surface area contributed by atoms with E-state index >= 15 is 0 Å². The zero-order valence-electron chi connectivity index (χ0n) is 10.8. The maximum Gasteiger partial charge on any atom is 0.261 e. The molecule has 0 saturated carbocycles. The molecular weight excluding hydrogens is 292 g/mol. The highest BCUT2D eigenvalue weighted by molar-refractivity contribution is 6.29. The molecule has 1 saturated heterocycles. The number of amides is 1. The van der Waals surface area contributed by atoms with Gasteiger partial charge in [-0.1, -0.05) is 11.6 Å². The molecule has 1 amide bonds. The third kappa shape index (κ3) is 3.67. The van der Waals surface area contributed by atoms with Crippen LogP contribution in [0.2, 0.25) is 5.15 Å². The predicted octanol–water partition coefficient (Wildman–Crippen LogP) is 1.72. The number of carbonyl (C=O) groups excluding carboxylic acids is 1. The van der Waals surface area contributed by atoms with Crippen LogP contribution >= 0.6 is 11.6 Å². The predicted molar refractivity (Wildman–Crippen MR) is 68.7 cm³/mol. The first-order valence-electron chi connectivity index (χ1n) is 6.42. The van der Waals surface area contributed by atoms with Crippen molar-refractivity contribution in [2.75, 3.05) is 13.1 Å². The lowest BCUT2D eigenvalue weighted by molar-refractivity contribution is -0.135. The van der Waals surface area contributed by atoms with Crippen molar-refractivity contribution in [2.24, 2.45) is 0 Å². The molecule has 1 aromatic rings. The van der Waals surface area contributed by atoms with Crippen LogP contribution in [0.5, 0.6) is 0 Å². The minimum Gasteiger partial charge on any atom is -0.393 e. The van der Waals surface area contributed by atoms with Gasteiger partial charge in [-0.3, -0.25) is 9.48 Å². The maximum atomic E-state index is 13.1. The molecule has 20 heavy (non-hydrogen) atoms. The highest BCUT2D eigenvalue weighted by Gasteiger charge is 2.29. The fourth-order valence-electron chi connectivity index (χ4n) is 2.22. The molecule has 0 bridgehead atoms. The van der Waals surface area contributed by atoms with E-state index in [0.29, 0.717) is 25.9 Å². The van der Waals surface area contributed by atoms with Crippen molar-refractivity contribution >= 4 is 17.5 Å². The number of nitrogens with zero attached hydrogens (tertiary/aromatic N) is 3.